The minimum Gasteiger partial charge on any atom is -0.507 e. The van der Waals surface area contributed by atoms with Gasteiger partial charge in [-0.05, 0) is 24.3 Å². The Morgan fingerprint density at radius 2 is 1.83 bits per heavy atom. The monoisotopic (exact) mass is 312 g/mol. The molecule has 3 N–H and O–H groups in total. The molecule has 6 nitrogen and oxygen atoms in total. The summed E-state index contributed by atoms with van der Waals surface area (Å²) in [4.78, 5) is 18.5. The fourth-order valence-corrected chi connectivity index (χ4v) is 1.86. The molecule has 3 aromatic rings. The summed E-state index contributed by atoms with van der Waals surface area (Å²) in [5, 5.41) is 19.4. The van der Waals surface area contributed by atoms with Gasteiger partial charge in [0.2, 0.25) is 0 Å². The Bertz CT molecular complexity index is 753. The number of imidazole rings is 1. The SMILES string of the molecule is COc1ccc(C(=O)c2ccccc2O)c(O)c1.c1c[nH]cn1. The first-order valence-corrected chi connectivity index (χ1v) is 6.76. The highest BCUT2D eigenvalue weighted by Crippen LogP contribution is 2.28. The molecule has 0 bridgehead atoms. The lowest BCUT2D eigenvalue weighted by Gasteiger charge is -2.07. The summed E-state index contributed by atoms with van der Waals surface area (Å²) in [6.45, 7) is 0. The maximum absolute atomic E-state index is 12.1. The summed E-state index contributed by atoms with van der Waals surface area (Å²) in [5.74, 6) is -0.269. The second-order valence-electron chi connectivity index (χ2n) is 4.49. The lowest BCUT2D eigenvalue weighted by Crippen LogP contribution is -2.02. The first-order chi connectivity index (χ1) is 11.1. The predicted octanol–water partition coefficient (Wildman–Crippen LogP) is 2.75. The molecular formula is C17H16N2O4. The van der Waals surface area contributed by atoms with E-state index in [0.717, 1.165) is 0 Å². The van der Waals surface area contributed by atoms with Crippen LogP contribution in [0.15, 0.2) is 61.2 Å². The number of carbonyl (C=O) groups is 1. The number of nitrogens with zero attached hydrogens (tertiary/aromatic N) is 1. The smallest absolute Gasteiger partial charge is 0.200 e. The second kappa shape index (κ2) is 7.65. The number of benzene rings is 2. The standard InChI is InChI=1S/C14H12O4.C3H4N2/c1-18-9-6-7-11(13(16)8-9)14(17)10-4-2-3-5-12(10)15;1-2-5-3-4-1/h2-8,15-16H,1H3;1-3H,(H,4,5). The van der Waals surface area contributed by atoms with Gasteiger partial charge in [0.15, 0.2) is 5.78 Å². The zero-order valence-electron chi connectivity index (χ0n) is 12.4. The van der Waals surface area contributed by atoms with Crippen molar-refractivity contribution in [3.8, 4) is 17.2 Å². The lowest BCUT2D eigenvalue weighted by atomic mass is 10.0. The number of aromatic hydroxyl groups is 2. The van der Waals surface area contributed by atoms with Crippen LogP contribution in [0, 0.1) is 0 Å². The highest BCUT2D eigenvalue weighted by molar-refractivity contribution is 6.12. The van der Waals surface area contributed by atoms with E-state index in [0.29, 0.717) is 5.75 Å². The van der Waals surface area contributed by atoms with Gasteiger partial charge in [0.1, 0.15) is 17.2 Å². The molecule has 0 aliphatic rings. The number of hydrogen-bond donors (Lipinski definition) is 3. The minimum absolute atomic E-state index is 0.113. The number of rotatable bonds is 3. The highest BCUT2D eigenvalue weighted by Gasteiger charge is 2.16. The Labute approximate surface area is 133 Å². The van der Waals surface area contributed by atoms with Crippen LogP contribution in [-0.2, 0) is 0 Å². The lowest BCUT2D eigenvalue weighted by molar-refractivity contribution is 0.103. The van der Waals surface area contributed by atoms with Gasteiger partial charge in [0.25, 0.3) is 0 Å². The number of ether oxygens (including phenoxy) is 1. The first-order valence-electron chi connectivity index (χ1n) is 6.76. The number of aromatic amines is 1. The van der Waals surface area contributed by atoms with Gasteiger partial charge in [0, 0.05) is 18.5 Å². The molecule has 0 aliphatic carbocycles. The topological polar surface area (TPSA) is 95.4 Å². The molecule has 118 valence electrons. The molecule has 0 fully saturated rings. The quantitative estimate of drug-likeness (QED) is 0.646. The third-order valence-electron chi connectivity index (χ3n) is 3.00. The molecule has 23 heavy (non-hydrogen) atoms. The van der Waals surface area contributed by atoms with E-state index in [9.17, 15) is 15.0 Å². The molecule has 0 spiro atoms. The molecule has 0 unspecified atom stereocenters. The van der Waals surface area contributed by atoms with Crippen molar-refractivity contribution in [1.82, 2.24) is 9.97 Å². The molecular weight excluding hydrogens is 296 g/mol. The van der Waals surface area contributed by atoms with Crippen LogP contribution in [0.25, 0.3) is 0 Å². The summed E-state index contributed by atoms with van der Waals surface area (Å²) in [7, 11) is 1.47. The van der Waals surface area contributed by atoms with Crippen molar-refractivity contribution >= 4 is 5.78 Å². The average Bonchev–Trinajstić information content (AvgIpc) is 3.14. The van der Waals surface area contributed by atoms with E-state index in [2.05, 4.69) is 9.97 Å². The average molecular weight is 312 g/mol. The molecule has 3 rings (SSSR count). The second-order valence-corrected chi connectivity index (χ2v) is 4.49. The maximum Gasteiger partial charge on any atom is 0.200 e. The third kappa shape index (κ3) is 4.10. The van der Waals surface area contributed by atoms with E-state index in [1.807, 2.05) is 0 Å². The number of aromatic nitrogens is 2. The summed E-state index contributed by atoms with van der Waals surface area (Å²) >= 11 is 0. The Kier molecular flexibility index (Phi) is 5.35. The fraction of sp³-hybridized carbons (Fsp3) is 0.0588. The number of methoxy groups -OCH3 is 1. The van der Waals surface area contributed by atoms with Crippen molar-refractivity contribution in [2.24, 2.45) is 0 Å². The van der Waals surface area contributed by atoms with Crippen LogP contribution in [-0.4, -0.2) is 33.1 Å². The van der Waals surface area contributed by atoms with Crippen LogP contribution in [0.1, 0.15) is 15.9 Å². The maximum atomic E-state index is 12.1. The molecule has 0 aliphatic heterocycles. The van der Waals surface area contributed by atoms with Crippen LogP contribution < -0.4 is 4.74 Å². The van der Waals surface area contributed by atoms with Crippen LogP contribution in [0.4, 0.5) is 0 Å². The normalized spacial score (nSPS) is 9.61. The highest BCUT2D eigenvalue weighted by atomic mass is 16.5. The summed E-state index contributed by atoms with van der Waals surface area (Å²) in [6.07, 6.45) is 5.08. The summed E-state index contributed by atoms with van der Waals surface area (Å²) in [5.41, 5.74) is 0.273. The van der Waals surface area contributed by atoms with Gasteiger partial charge in [-0.1, -0.05) is 12.1 Å². The van der Waals surface area contributed by atoms with Crippen LogP contribution in [0.3, 0.4) is 0 Å². The predicted molar refractivity (Wildman–Crippen MR) is 84.8 cm³/mol. The van der Waals surface area contributed by atoms with Gasteiger partial charge in [-0.15, -0.1) is 0 Å². The molecule has 6 heteroatoms. The number of H-pyrrole nitrogens is 1. The van der Waals surface area contributed by atoms with Gasteiger partial charge in [-0.3, -0.25) is 4.79 Å². The van der Waals surface area contributed by atoms with E-state index in [1.54, 1.807) is 36.9 Å². The van der Waals surface area contributed by atoms with Crippen molar-refractivity contribution in [2.75, 3.05) is 7.11 Å². The number of para-hydroxylation sites is 1. The van der Waals surface area contributed by atoms with Gasteiger partial charge in [-0.2, -0.15) is 0 Å². The van der Waals surface area contributed by atoms with Crippen LogP contribution >= 0.6 is 0 Å². The van der Waals surface area contributed by atoms with E-state index in [1.165, 1.54) is 31.4 Å². The van der Waals surface area contributed by atoms with Gasteiger partial charge in [0.05, 0.1) is 24.6 Å². The third-order valence-corrected chi connectivity index (χ3v) is 3.00. The van der Waals surface area contributed by atoms with Crippen LogP contribution in [0.5, 0.6) is 17.2 Å². The Balaban J connectivity index is 0.000000326. The molecule has 2 aromatic carbocycles. The molecule has 1 heterocycles. The van der Waals surface area contributed by atoms with Crippen molar-refractivity contribution in [3.05, 3.63) is 72.3 Å². The number of hydrogen-bond acceptors (Lipinski definition) is 5. The van der Waals surface area contributed by atoms with E-state index < -0.39 is 5.78 Å². The molecule has 0 saturated carbocycles. The van der Waals surface area contributed by atoms with Crippen molar-refractivity contribution in [1.29, 1.82) is 0 Å². The van der Waals surface area contributed by atoms with Crippen LogP contribution in [0.2, 0.25) is 0 Å². The van der Waals surface area contributed by atoms with Crippen molar-refractivity contribution < 1.29 is 19.7 Å². The molecule has 0 amide bonds. The zero-order chi connectivity index (χ0) is 16.7. The number of nitrogens with one attached hydrogen (secondary N) is 1. The van der Waals surface area contributed by atoms with Gasteiger partial charge in [-0.25, -0.2) is 4.98 Å². The van der Waals surface area contributed by atoms with E-state index in [4.69, 9.17) is 4.74 Å². The zero-order valence-corrected chi connectivity index (χ0v) is 12.4. The van der Waals surface area contributed by atoms with Crippen molar-refractivity contribution in [2.45, 2.75) is 0 Å². The number of carbonyl (C=O) groups excluding carboxylic acids is 1. The van der Waals surface area contributed by atoms with E-state index in [-0.39, 0.29) is 22.6 Å². The largest absolute Gasteiger partial charge is 0.507 e. The van der Waals surface area contributed by atoms with E-state index >= 15 is 0 Å². The first kappa shape index (κ1) is 16.1. The Morgan fingerprint density at radius 3 is 2.35 bits per heavy atom. The molecule has 0 saturated heterocycles. The van der Waals surface area contributed by atoms with Gasteiger partial charge < -0.3 is 19.9 Å². The number of phenols is 2. The molecule has 1 aromatic heterocycles. The minimum atomic E-state index is -0.437. The molecule has 0 atom stereocenters. The summed E-state index contributed by atoms with van der Waals surface area (Å²) < 4.78 is 4.94. The van der Waals surface area contributed by atoms with Crippen molar-refractivity contribution in [3.63, 3.8) is 0 Å². The number of phenolic OH excluding ortho intramolecular Hbond substituents is 2. The fourth-order valence-electron chi connectivity index (χ4n) is 1.86. The van der Waals surface area contributed by atoms with Gasteiger partial charge >= 0.3 is 0 Å². The summed E-state index contributed by atoms with van der Waals surface area (Å²) in [6, 6.07) is 10.6. The Morgan fingerprint density at radius 1 is 1.09 bits per heavy atom. The molecule has 0 radical (unpaired) electrons. The Hall–Kier alpha value is -3.28. The number of ketones is 1.